The van der Waals surface area contributed by atoms with Gasteiger partial charge in [0.05, 0.1) is 0 Å². The van der Waals surface area contributed by atoms with E-state index in [0.29, 0.717) is 5.92 Å². The molecule has 0 bridgehead atoms. The summed E-state index contributed by atoms with van der Waals surface area (Å²) in [5.74, 6) is 0.676. The van der Waals surface area contributed by atoms with Crippen molar-refractivity contribution in [2.45, 2.75) is 26.2 Å². The van der Waals surface area contributed by atoms with Gasteiger partial charge in [-0.1, -0.05) is 0 Å². The summed E-state index contributed by atoms with van der Waals surface area (Å²) in [6.45, 7) is 24.7. The van der Waals surface area contributed by atoms with Crippen molar-refractivity contribution in [1.82, 2.24) is 0 Å². The molecule has 1 aliphatic rings. The third-order valence-electron chi connectivity index (χ3n) is 2.11. The number of hydrogen-bond acceptors (Lipinski definition) is 1. The summed E-state index contributed by atoms with van der Waals surface area (Å²) in [6, 6.07) is 0. The second kappa shape index (κ2) is 36.4. The summed E-state index contributed by atoms with van der Waals surface area (Å²) in [5.41, 5.74) is 1.51. The van der Waals surface area contributed by atoms with E-state index >= 15 is 0 Å². The Morgan fingerprint density at radius 2 is 1.43 bits per heavy atom. The molecule has 0 N–H and O–H groups in total. The SMILES string of the molecule is CO[C](=[Mo])C1CCC=C(C)C1.[C-]#[O+].[C-]#[O+].[C-]#[O+].[C-]#[O+].[C-]#[O+]. The van der Waals surface area contributed by atoms with E-state index in [1.807, 2.05) is 19.4 Å². The Morgan fingerprint density at radius 1 is 1.05 bits per heavy atom. The van der Waals surface area contributed by atoms with E-state index in [-0.39, 0.29) is 0 Å². The summed E-state index contributed by atoms with van der Waals surface area (Å²) in [6.07, 6.45) is 6.01. The van der Waals surface area contributed by atoms with Crippen molar-refractivity contribution in [3.63, 3.8) is 0 Å². The molecule has 0 fully saturated rings. The van der Waals surface area contributed by atoms with E-state index in [4.69, 9.17) is 28.0 Å². The molecule has 0 saturated carbocycles. The molecule has 0 heterocycles. The van der Waals surface area contributed by atoms with Gasteiger partial charge in [0, 0.05) is 0 Å². The van der Waals surface area contributed by atoms with Gasteiger partial charge in [-0.05, 0) is 0 Å². The van der Waals surface area contributed by atoms with Crippen molar-refractivity contribution >= 4 is 4.08 Å². The second-order valence-corrected chi connectivity index (χ2v) is 4.04. The average Bonchev–Trinajstić information content (AvgIpc) is 2.63. The van der Waals surface area contributed by atoms with Gasteiger partial charge in [-0.15, -0.1) is 0 Å². The van der Waals surface area contributed by atoms with Gasteiger partial charge >= 0.3 is 136 Å². The van der Waals surface area contributed by atoms with Gasteiger partial charge in [-0.2, -0.15) is 0 Å². The molecule has 6 nitrogen and oxygen atoms in total. The maximum atomic E-state index is 7.50. The van der Waals surface area contributed by atoms with Crippen molar-refractivity contribution in [3.05, 3.63) is 44.9 Å². The molecule has 1 rings (SSSR count). The fourth-order valence-electron chi connectivity index (χ4n) is 1.47. The molecule has 0 saturated heterocycles. The van der Waals surface area contributed by atoms with Crippen LogP contribution in [0.3, 0.4) is 0 Å². The Balaban J connectivity index is -0.0000000727. The zero-order chi connectivity index (χ0) is 18.3. The van der Waals surface area contributed by atoms with Gasteiger partial charge in [0.25, 0.3) is 0 Å². The van der Waals surface area contributed by atoms with Gasteiger partial charge in [0.15, 0.2) is 0 Å². The predicted octanol–water partition coefficient (Wildman–Crippen LogP) is 1.87. The van der Waals surface area contributed by atoms with Gasteiger partial charge in [0.2, 0.25) is 0 Å². The number of rotatable bonds is 2. The third-order valence-corrected chi connectivity index (χ3v) is 3.34. The molecule has 0 aromatic carbocycles. The Bertz CT molecular complexity index is 327. The van der Waals surface area contributed by atoms with Crippen LogP contribution in [0.15, 0.2) is 11.6 Å². The Labute approximate surface area is 135 Å². The molecule has 7 heteroatoms. The Kier molecular flexibility index (Phi) is 55.6. The standard InChI is InChI=1S/C9H14O.5CO.Mo/c1-8-4-3-5-9(6-8)7-10-2;5*1-2;/h4,9H,3,5-6H2,1-2H3;;;;;;. The van der Waals surface area contributed by atoms with Gasteiger partial charge in [-0.25, -0.2) is 0 Å². The first kappa shape index (κ1) is 32.1. The molecule has 1 unspecified atom stereocenters. The van der Waals surface area contributed by atoms with E-state index in [2.05, 4.69) is 46.3 Å². The molecule has 0 aromatic rings. The summed E-state index contributed by atoms with van der Waals surface area (Å²) < 4.78 is 43.9. The van der Waals surface area contributed by atoms with Crippen LogP contribution in [0, 0.1) is 39.2 Å². The van der Waals surface area contributed by atoms with Crippen LogP contribution in [0.25, 0.3) is 0 Å². The molecule has 1 aliphatic carbocycles. The van der Waals surface area contributed by atoms with E-state index in [0.717, 1.165) is 0 Å². The number of allylic oxidation sites excluding steroid dienone is 2. The molecular formula is C14H14MoO6. The summed E-state index contributed by atoms with van der Waals surface area (Å²) in [5, 5.41) is 0. The summed E-state index contributed by atoms with van der Waals surface area (Å²) in [4.78, 5) is 0. The molecule has 0 spiro atoms. The van der Waals surface area contributed by atoms with Gasteiger partial charge in [-0.3, -0.25) is 0 Å². The monoisotopic (exact) mass is 376 g/mol. The zero-order valence-corrected chi connectivity index (χ0v) is 13.6. The van der Waals surface area contributed by atoms with Crippen LogP contribution < -0.4 is 0 Å². The van der Waals surface area contributed by atoms with Crippen molar-refractivity contribution in [2.75, 3.05) is 7.11 Å². The van der Waals surface area contributed by atoms with Crippen LogP contribution in [0.2, 0.25) is 0 Å². The quantitative estimate of drug-likeness (QED) is 0.313. The molecule has 0 aromatic heterocycles. The van der Waals surface area contributed by atoms with Crippen molar-refractivity contribution in [2.24, 2.45) is 5.92 Å². The number of methoxy groups -OCH3 is 1. The van der Waals surface area contributed by atoms with Gasteiger partial charge in [0.1, 0.15) is 0 Å². The van der Waals surface area contributed by atoms with E-state index in [1.54, 1.807) is 7.11 Å². The van der Waals surface area contributed by atoms with Gasteiger partial charge < -0.3 is 0 Å². The first-order valence-electron chi connectivity index (χ1n) is 4.99. The Hall–Kier alpha value is -1.04. The molecule has 0 aliphatic heterocycles. The van der Waals surface area contributed by atoms with E-state index in [1.165, 1.54) is 28.9 Å². The predicted molar refractivity (Wildman–Crippen MR) is 62.8 cm³/mol. The van der Waals surface area contributed by atoms with Crippen LogP contribution in [0.1, 0.15) is 26.2 Å². The van der Waals surface area contributed by atoms with Crippen LogP contribution in [-0.4, -0.2) is 11.2 Å². The first-order chi connectivity index (χ1) is 10.2. The topological polar surface area (TPSA) is 109 Å². The number of ether oxygens (including phenoxy) is 1. The van der Waals surface area contributed by atoms with Crippen LogP contribution >= 0.6 is 0 Å². The summed E-state index contributed by atoms with van der Waals surface area (Å²) >= 11 is 2.01. The van der Waals surface area contributed by atoms with Crippen LogP contribution in [-0.2, 0) is 47.4 Å². The summed E-state index contributed by atoms with van der Waals surface area (Å²) in [7, 11) is 1.77. The fraction of sp³-hybridized carbons (Fsp3) is 0.429. The van der Waals surface area contributed by atoms with Crippen LogP contribution in [0.4, 0.5) is 0 Å². The van der Waals surface area contributed by atoms with Crippen molar-refractivity contribution in [3.8, 4) is 0 Å². The maximum absolute atomic E-state index is 7.50. The minimum absolute atomic E-state index is 0.676. The van der Waals surface area contributed by atoms with E-state index < -0.39 is 0 Å². The third kappa shape index (κ3) is 24.4. The fourth-order valence-corrected chi connectivity index (χ4v) is 1.97. The van der Waals surface area contributed by atoms with Crippen LogP contribution in [0.5, 0.6) is 0 Å². The molecule has 1 atom stereocenters. The van der Waals surface area contributed by atoms with Crippen molar-refractivity contribution < 1.29 is 47.4 Å². The molecule has 21 heavy (non-hydrogen) atoms. The normalized spacial score (nSPS) is 13.3. The minimum atomic E-state index is 0.676. The average molecular weight is 374 g/mol. The second-order valence-electron chi connectivity index (χ2n) is 3.05. The molecule has 0 amide bonds. The molecule has 0 radical (unpaired) electrons. The zero-order valence-electron chi connectivity index (χ0n) is 11.6. The molecule has 112 valence electrons. The number of hydrogen-bond donors (Lipinski definition) is 0. The Morgan fingerprint density at radius 3 is 1.71 bits per heavy atom. The first-order valence-corrected chi connectivity index (χ1v) is 6.00. The molecular weight excluding hydrogens is 360 g/mol. The van der Waals surface area contributed by atoms with Crippen molar-refractivity contribution in [1.29, 1.82) is 0 Å². The van der Waals surface area contributed by atoms with E-state index in [9.17, 15) is 0 Å².